The monoisotopic (exact) mass is 409 g/mol. The van der Waals surface area contributed by atoms with Gasteiger partial charge in [-0.25, -0.2) is 9.78 Å². The molecule has 2 aromatic rings. The predicted molar refractivity (Wildman–Crippen MR) is 77.7 cm³/mol. The molecule has 5 nitrogen and oxygen atoms in total. The molecule has 3 rings (SSSR count). The minimum atomic E-state index is -5.05. The van der Waals surface area contributed by atoms with E-state index in [2.05, 4.69) is 20.9 Å². The first-order valence-electron chi connectivity index (χ1n) is 6.10. The Morgan fingerprint density at radius 3 is 2.74 bits per heavy atom. The van der Waals surface area contributed by atoms with Crippen LogP contribution in [0.25, 0.3) is 11.3 Å². The summed E-state index contributed by atoms with van der Waals surface area (Å²) < 4.78 is 45.8. The highest BCUT2D eigenvalue weighted by Gasteiger charge is 2.59. The van der Waals surface area contributed by atoms with E-state index in [1.165, 1.54) is 12.1 Å². The summed E-state index contributed by atoms with van der Waals surface area (Å²) in [6.07, 6.45) is -5.05. The first-order valence-corrected chi connectivity index (χ1v) is 7.71. The second-order valence-corrected chi connectivity index (χ2v) is 6.70. The molecule has 2 N–H and O–H groups in total. The van der Waals surface area contributed by atoms with Crippen molar-refractivity contribution < 1.29 is 32.9 Å². The number of nitrogens with zero attached hydrogens (tertiary/aromatic N) is 1. The summed E-state index contributed by atoms with van der Waals surface area (Å²) in [5, 5.41) is 18.7. The van der Waals surface area contributed by atoms with Gasteiger partial charge in [-0.05, 0) is 18.2 Å². The number of fused-ring (bicyclic) bond motifs is 3. The van der Waals surface area contributed by atoms with E-state index >= 15 is 0 Å². The van der Waals surface area contributed by atoms with Crippen LogP contribution in [0.3, 0.4) is 0 Å². The number of thiazole rings is 1. The number of carboxylic acid groups (broad SMARTS) is 1. The van der Waals surface area contributed by atoms with Gasteiger partial charge in [-0.2, -0.15) is 13.2 Å². The van der Waals surface area contributed by atoms with Crippen molar-refractivity contribution in [1.29, 1.82) is 0 Å². The second kappa shape index (κ2) is 5.18. The Kier molecular flexibility index (Phi) is 3.65. The smallest absolute Gasteiger partial charge is 0.425 e. The van der Waals surface area contributed by atoms with Crippen molar-refractivity contribution in [3.63, 3.8) is 0 Å². The lowest BCUT2D eigenvalue weighted by molar-refractivity contribution is -0.273. The molecule has 1 aromatic heterocycles. The third-order valence-electron chi connectivity index (χ3n) is 3.29. The molecule has 1 aliphatic rings. The molecule has 0 aliphatic carbocycles. The Labute approximate surface area is 139 Å². The fraction of sp³-hybridized carbons (Fsp3) is 0.231. The zero-order valence-corrected chi connectivity index (χ0v) is 13.4. The molecule has 1 atom stereocenters. The third kappa shape index (κ3) is 2.50. The molecule has 23 heavy (non-hydrogen) atoms. The molecule has 1 unspecified atom stereocenters. The van der Waals surface area contributed by atoms with E-state index in [1.807, 2.05) is 0 Å². The molecule has 0 saturated heterocycles. The molecule has 0 amide bonds. The maximum atomic E-state index is 13.4. The van der Waals surface area contributed by atoms with Gasteiger partial charge in [-0.1, -0.05) is 15.9 Å². The zero-order chi connectivity index (χ0) is 17.0. The van der Waals surface area contributed by atoms with Gasteiger partial charge in [0, 0.05) is 10.0 Å². The van der Waals surface area contributed by atoms with Crippen molar-refractivity contribution in [3.05, 3.63) is 32.6 Å². The minimum Gasteiger partial charge on any atom is -0.489 e. The van der Waals surface area contributed by atoms with E-state index in [0.717, 1.165) is 0 Å². The number of carboxylic acids is 1. The highest BCUT2D eigenvalue weighted by molar-refractivity contribution is 9.10. The minimum absolute atomic E-state index is 0.0804. The summed E-state index contributed by atoms with van der Waals surface area (Å²) in [7, 11) is 0. The van der Waals surface area contributed by atoms with Gasteiger partial charge in [0.1, 0.15) is 12.4 Å². The Morgan fingerprint density at radius 1 is 1.43 bits per heavy atom. The maximum absolute atomic E-state index is 13.4. The number of halogens is 4. The van der Waals surface area contributed by atoms with Crippen LogP contribution in [-0.2, 0) is 5.60 Å². The number of benzene rings is 1. The Bertz CT molecular complexity index is 807. The number of rotatable bonds is 1. The van der Waals surface area contributed by atoms with Crippen LogP contribution in [-0.4, -0.2) is 33.9 Å². The van der Waals surface area contributed by atoms with Crippen LogP contribution >= 0.6 is 27.3 Å². The summed E-state index contributed by atoms with van der Waals surface area (Å²) >= 11 is 3.47. The van der Waals surface area contributed by atoms with E-state index in [0.29, 0.717) is 4.47 Å². The molecule has 0 spiro atoms. The summed E-state index contributed by atoms with van der Waals surface area (Å²) in [5.41, 5.74) is -3.40. The van der Waals surface area contributed by atoms with Crippen LogP contribution in [0.4, 0.5) is 13.2 Å². The molecule has 1 aliphatic heterocycles. The number of aromatic carboxylic acids is 1. The molecule has 0 bridgehead atoms. The SMILES string of the molecule is O=C(O)c1nc2c(s1)C(O)(C(F)(F)F)COc1ccc(Br)cc1-2. The van der Waals surface area contributed by atoms with Gasteiger partial charge in [0.2, 0.25) is 10.6 Å². The normalized spacial score (nSPS) is 20.2. The number of hydrogen-bond acceptors (Lipinski definition) is 5. The van der Waals surface area contributed by atoms with E-state index in [4.69, 9.17) is 9.84 Å². The van der Waals surface area contributed by atoms with E-state index in [1.54, 1.807) is 6.07 Å². The van der Waals surface area contributed by atoms with Gasteiger partial charge in [0.15, 0.2) is 0 Å². The van der Waals surface area contributed by atoms with Crippen molar-refractivity contribution in [2.45, 2.75) is 11.8 Å². The van der Waals surface area contributed by atoms with Crippen molar-refractivity contribution in [1.82, 2.24) is 4.98 Å². The lowest BCUT2D eigenvalue weighted by Crippen LogP contribution is -2.46. The number of aliphatic hydroxyl groups is 1. The molecule has 1 aromatic carbocycles. The molecule has 0 radical (unpaired) electrons. The Hall–Kier alpha value is -1.65. The summed E-state index contributed by atoms with van der Waals surface area (Å²) in [4.78, 5) is 14.3. The first kappa shape index (κ1) is 16.2. The Morgan fingerprint density at radius 2 is 2.13 bits per heavy atom. The zero-order valence-electron chi connectivity index (χ0n) is 11.0. The highest BCUT2D eigenvalue weighted by Crippen LogP contribution is 2.50. The molecule has 0 saturated carbocycles. The van der Waals surface area contributed by atoms with Crippen LogP contribution in [0.1, 0.15) is 14.7 Å². The fourth-order valence-corrected chi connectivity index (χ4v) is 3.52. The van der Waals surface area contributed by atoms with Crippen molar-refractivity contribution in [3.8, 4) is 17.0 Å². The van der Waals surface area contributed by atoms with Crippen LogP contribution in [0.5, 0.6) is 5.75 Å². The topological polar surface area (TPSA) is 79.7 Å². The average molecular weight is 410 g/mol. The number of hydrogen-bond donors (Lipinski definition) is 2. The maximum Gasteiger partial charge on any atom is 0.425 e. The first-order chi connectivity index (χ1) is 10.6. The van der Waals surface area contributed by atoms with Crippen LogP contribution in [0.2, 0.25) is 0 Å². The van der Waals surface area contributed by atoms with Crippen LogP contribution in [0, 0.1) is 0 Å². The summed E-state index contributed by atoms with van der Waals surface area (Å²) in [6, 6.07) is 4.44. The Balaban J connectivity index is 2.33. The fourth-order valence-electron chi connectivity index (χ4n) is 2.15. The number of ether oxygens (including phenoxy) is 1. The molecule has 122 valence electrons. The second-order valence-electron chi connectivity index (χ2n) is 4.79. The third-order valence-corrected chi connectivity index (χ3v) is 4.98. The molecular formula is C13H7BrF3NO4S. The standard InChI is InChI=1S/C13H7BrF3NO4S/c14-5-1-2-7-6(3-5)8-9(23-10(18-8)11(19)20)12(21,4-22-7)13(15,16)17/h1-3,21H,4H2,(H,19,20). The van der Waals surface area contributed by atoms with Crippen LogP contribution < -0.4 is 4.74 Å². The molecule has 10 heteroatoms. The van der Waals surface area contributed by atoms with Crippen molar-refractivity contribution in [2.24, 2.45) is 0 Å². The van der Waals surface area contributed by atoms with Gasteiger partial charge < -0.3 is 14.9 Å². The summed E-state index contributed by atoms with van der Waals surface area (Å²) in [6.45, 7) is -1.08. The highest BCUT2D eigenvalue weighted by atomic mass is 79.9. The number of alkyl halides is 3. The number of carbonyl (C=O) groups is 1. The van der Waals surface area contributed by atoms with E-state index in [9.17, 15) is 23.1 Å². The predicted octanol–water partition coefficient (Wildman–Crippen LogP) is 3.41. The largest absolute Gasteiger partial charge is 0.489 e. The van der Waals surface area contributed by atoms with Crippen LogP contribution in [0.15, 0.2) is 22.7 Å². The molecule has 0 fully saturated rings. The van der Waals surface area contributed by atoms with Gasteiger partial charge in [-0.15, -0.1) is 11.3 Å². The lowest BCUT2D eigenvalue weighted by atomic mass is 9.99. The van der Waals surface area contributed by atoms with Crippen molar-refractivity contribution >= 4 is 33.2 Å². The molecular weight excluding hydrogens is 403 g/mol. The van der Waals surface area contributed by atoms with Gasteiger partial charge in [0.05, 0.1) is 10.6 Å². The molecule has 2 heterocycles. The van der Waals surface area contributed by atoms with Gasteiger partial charge >= 0.3 is 12.1 Å². The van der Waals surface area contributed by atoms with E-state index < -0.39 is 34.2 Å². The number of aromatic nitrogens is 1. The quantitative estimate of drug-likeness (QED) is 0.754. The van der Waals surface area contributed by atoms with Gasteiger partial charge in [-0.3, -0.25) is 0 Å². The van der Waals surface area contributed by atoms with Gasteiger partial charge in [0.25, 0.3) is 0 Å². The van der Waals surface area contributed by atoms with Crippen molar-refractivity contribution in [2.75, 3.05) is 6.61 Å². The summed E-state index contributed by atoms with van der Waals surface area (Å²) in [5.74, 6) is -1.39. The average Bonchev–Trinajstić information content (AvgIpc) is 2.85. The lowest BCUT2D eigenvalue weighted by Gasteiger charge is -2.28. The van der Waals surface area contributed by atoms with E-state index in [-0.39, 0.29) is 28.3 Å².